The molecule has 3 nitrogen and oxygen atoms in total. The monoisotopic (exact) mass is 224 g/mol. The number of carboxylic acids is 1. The van der Waals surface area contributed by atoms with Crippen molar-refractivity contribution in [3.8, 4) is 5.75 Å². The molecule has 0 aliphatic carbocycles. The second-order valence-electron chi connectivity index (χ2n) is 3.44. The van der Waals surface area contributed by atoms with Gasteiger partial charge >= 0.3 is 5.97 Å². The molecule has 1 fully saturated rings. The number of hydrogen-bond acceptors (Lipinski definition) is 3. The van der Waals surface area contributed by atoms with E-state index < -0.39 is 5.97 Å². The number of aromatic carboxylic acids is 1. The van der Waals surface area contributed by atoms with Gasteiger partial charge in [-0.15, -0.1) is 0 Å². The minimum Gasteiger partial charge on any atom is -0.490 e. The Morgan fingerprint density at radius 1 is 1.53 bits per heavy atom. The van der Waals surface area contributed by atoms with Crippen molar-refractivity contribution in [3.63, 3.8) is 0 Å². The zero-order valence-corrected chi connectivity index (χ0v) is 9.00. The molecule has 1 aliphatic heterocycles. The number of benzene rings is 1. The zero-order chi connectivity index (χ0) is 10.7. The van der Waals surface area contributed by atoms with Crippen molar-refractivity contribution >= 4 is 17.7 Å². The third-order valence-corrected chi connectivity index (χ3v) is 3.40. The van der Waals surface area contributed by atoms with Crippen LogP contribution < -0.4 is 4.74 Å². The van der Waals surface area contributed by atoms with Gasteiger partial charge in [0.05, 0.1) is 5.56 Å². The third kappa shape index (κ3) is 2.65. The molecule has 1 saturated heterocycles. The largest absolute Gasteiger partial charge is 0.490 e. The van der Waals surface area contributed by atoms with Gasteiger partial charge in [0.15, 0.2) is 0 Å². The number of hydrogen-bond donors (Lipinski definition) is 1. The molecule has 1 unspecified atom stereocenters. The average Bonchev–Trinajstić information content (AvgIpc) is 2.71. The van der Waals surface area contributed by atoms with Crippen LogP contribution in [0.3, 0.4) is 0 Å². The van der Waals surface area contributed by atoms with E-state index in [0.717, 1.165) is 17.9 Å². The lowest BCUT2D eigenvalue weighted by Gasteiger charge is -2.12. The van der Waals surface area contributed by atoms with Gasteiger partial charge < -0.3 is 9.84 Å². The van der Waals surface area contributed by atoms with Crippen molar-refractivity contribution in [2.75, 3.05) is 11.5 Å². The van der Waals surface area contributed by atoms with Crippen LogP contribution in [-0.4, -0.2) is 28.7 Å². The summed E-state index contributed by atoms with van der Waals surface area (Å²) in [5, 5.41) is 8.81. The van der Waals surface area contributed by atoms with E-state index in [9.17, 15) is 4.79 Å². The SMILES string of the molecule is O=C(O)c1cccc(OC2CCSC2)c1. The van der Waals surface area contributed by atoms with Gasteiger partial charge in [-0.25, -0.2) is 4.79 Å². The number of rotatable bonds is 3. The molecule has 2 rings (SSSR count). The summed E-state index contributed by atoms with van der Waals surface area (Å²) in [5.41, 5.74) is 0.276. The molecular weight excluding hydrogens is 212 g/mol. The summed E-state index contributed by atoms with van der Waals surface area (Å²) in [5.74, 6) is 1.87. The van der Waals surface area contributed by atoms with Crippen molar-refractivity contribution < 1.29 is 14.6 Å². The van der Waals surface area contributed by atoms with E-state index in [0.29, 0.717) is 5.75 Å². The molecule has 1 aromatic carbocycles. The molecule has 1 aromatic rings. The fraction of sp³-hybridized carbons (Fsp3) is 0.364. The maximum Gasteiger partial charge on any atom is 0.335 e. The molecular formula is C11H12O3S. The normalized spacial score (nSPS) is 20.1. The van der Waals surface area contributed by atoms with Crippen LogP contribution in [0, 0.1) is 0 Å². The van der Waals surface area contributed by atoms with E-state index >= 15 is 0 Å². The van der Waals surface area contributed by atoms with Crippen molar-refractivity contribution in [3.05, 3.63) is 29.8 Å². The van der Waals surface area contributed by atoms with Crippen LogP contribution in [0.4, 0.5) is 0 Å². The van der Waals surface area contributed by atoms with Gasteiger partial charge in [-0.2, -0.15) is 11.8 Å². The summed E-state index contributed by atoms with van der Waals surface area (Å²) in [6, 6.07) is 6.65. The summed E-state index contributed by atoms with van der Waals surface area (Å²) in [6.45, 7) is 0. The van der Waals surface area contributed by atoms with Gasteiger partial charge in [-0.1, -0.05) is 6.07 Å². The topological polar surface area (TPSA) is 46.5 Å². The lowest BCUT2D eigenvalue weighted by atomic mass is 10.2. The van der Waals surface area contributed by atoms with E-state index in [1.165, 1.54) is 0 Å². The van der Waals surface area contributed by atoms with Gasteiger partial charge in [0, 0.05) is 5.75 Å². The first-order valence-corrected chi connectivity index (χ1v) is 5.99. The third-order valence-electron chi connectivity index (χ3n) is 2.27. The molecule has 1 aliphatic rings. The fourth-order valence-electron chi connectivity index (χ4n) is 1.50. The van der Waals surface area contributed by atoms with E-state index in [1.54, 1.807) is 24.3 Å². The molecule has 0 amide bonds. The highest BCUT2D eigenvalue weighted by Crippen LogP contribution is 2.23. The average molecular weight is 224 g/mol. The van der Waals surface area contributed by atoms with Crippen LogP contribution in [0.5, 0.6) is 5.75 Å². The molecule has 0 aromatic heterocycles. The summed E-state index contributed by atoms with van der Waals surface area (Å²) in [6.07, 6.45) is 1.28. The Hall–Kier alpha value is -1.16. The van der Waals surface area contributed by atoms with Crippen LogP contribution in [0.1, 0.15) is 16.8 Å². The minimum atomic E-state index is -0.916. The summed E-state index contributed by atoms with van der Waals surface area (Å²) in [4.78, 5) is 10.7. The highest BCUT2D eigenvalue weighted by molar-refractivity contribution is 7.99. The van der Waals surface area contributed by atoms with Gasteiger partial charge in [-0.3, -0.25) is 0 Å². The number of thioether (sulfide) groups is 1. The Labute approximate surface area is 92.4 Å². The molecule has 0 saturated carbocycles. The fourth-order valence-corrected chi connectivity index (χ4v) is 2.59. The van der Waals surface area contributed by atoms with Crippen LogP contribution in [-0.2, 0) is 0 Å². The molecule has 1 N–H and O–H groups in total. The van der Waals surface area contributed by atoms with Gasteiger partial charge in [0.25, 0.3) is 0 Å². The molecule has 1 atom stereocenters. The second kappa shape index (κ2) is 4.57. The minimum absolute atomic E-state index is 0.235. The molecule has 0 radical (unpaired) electrons. The van der Waals surface area contributed by atoms with E-state index in [4.69, 9.17) is 9.84 Å². The summed E-state index contributed by atoms with van der Waals surface area (Å²) < 4.78 is 5.68. The van der Waals surface area contributed by atoms with Crippen molar-refractivity contribution in [1.82, 2.24) is 0 Å². The highest BCUT2D eigenvalue weighted by atomic mass is 32.2. The molecule has 1 heterocycles. The number of carboxylic acid groups (broad SMARTS) is 1. The van der Waals surface area contributed by atoms with Crippen molar-refractivity contribution in [2.24, 2.45) is 0 Å². The predicted octanol–water partition coefficient (Wildman–Crippen LogP) is 2.27. The first kappa shape index (κ1) is 10.4. The van der Waals surface area contributed by atoms with Gasteiger partial charge in [0.1, 0.15) is 11.9 Å². The Kier molecular flexibility index (Phi) is 3.16. The zero-order valence-electron chi connectivity index (χ0n) is 8.18. The summed E-state index contributed by atoms with van der Waals surface area (Å²) in [7, 11) is 0. The van der Waals surface area contributed by atoms with E-state index in [1.807, 2.05) is 11.8 Å². The Bertz CT molecular complexity index is 359. The lowest BCUT2D eigenvalue weighted by Crippen LogP contribution is -2.14. The van der Waals surface area contributed by atoms with Crippen LogP contribution in [0.25, 0.3) is 0 Å². The van der Waals surface area contributed by atoms with Crippen LogP contribution >= 0.6 is 11.8 Å². The predicted molar refractivity (Wildman–Crippen MR) is 59.8 cm³/mol. The molecule has 0 spiro atoms. The second-order valence-corrected chi connectivity index (χ2v) is 4.59. The van der Waals surface area contributed by atoms with Gasteiger partial charge in [-0.05, 0) is 30.4 Å². The smallest absolute Gasteiger partial charge is 0.335 e. The first-order chi connectivity index (χ1) is 7.25. The Balaban J connectivity index is 2.07. The summed E-state index contributed by atoms with van der Waals surface area (Å²) >= 11 is 1.87. The molecule has 0 bridgehead atoms. The van der Waals surface area contributed by atoms with E-state index in [-0.39, 0.29) is 11.7 Å². The lowest BCUT2D eigenvalue weighted by molar-refractivity contribution is 0.0696. The first-order valence-electron chi connectivity index (χ1n) is 4.83. The quantitative estimate of drug-likeness (QED) is 0.855. The maximum absolute atomic E-state index is 10.7. The van der Waals surface area contributed by atoms with Crippen LogP contribution in [0.15, 0.2) is 24.3 Å². The maximum atomic E-state index is 10.7. The van der Waals surface area contributed by atoms with Crippen molar-refractivity contribution in [1.29, 1.82) is 0 Å². The van der Waals surface area contributed by atoms with E-state index in [2.05, 4.69) is 0 Å². The highest BCUT2D eigenvalue weighted by Gasteiger charge is 2.17. The van der Waals surface area contributed by atoms with Gasteiger partial charge in [0.2, 0.25) is 0 Å². The molecule has 4 heteroatoms. The standard InChI is InChI=1S/C11H12O3S/c12-11(13)8-2-1-3-9(6-8)14-10-4-5-15-7-10/h1-3,6,10H,4-5,7H2,(H,12,13). The number of carbonyl (C=O) groups is 1. The van der Waals surface area contributed by atoms with Crippen molar-refractivity contribution in [2.45, 2.75) is 12.5 Å². The van der Waals surface area contributed by atoms with Crippen LogP contribution in [0.2, 0.25) is 0 Å². The Morgan fingerprint density at radius 2 is 2.40 bits per heavy atom. The molecule has 80 valence electrons. The number of ether oxygens (including phenoxy) is 1. The Morgan fingerprint density at radius 3 is 3.07 bits per heavy atom. The molecule has 15 heavy (non-hydrogen) atoms.